The normalized spacial score (nSPS) is 11.0. The Labute approximate surface area is 121 Å². The molecule has 0 heterocycles. The highest BCUT2D eigenvalue weighted by Crippen LogP contribution is 2.04. The van der Waals surface area contributed by atoms with Crippen molar-refractivity contribution < 1.29 is 14.2 Å². The molecular weight excluding hydrogens is 296 g/mol. The zero-order valence-electron chi connectivity index (χ0n) is 11.8. The zero-order chi connectivity index (χ0) is 13.3. The van der Waals surface area contributed by atoms with Crippen LogP contribution in [-0.2, 0) is 14.2 Å². The molecule has 0 spiro atoms. The molecule has 0 aliphatic carbocycles. The second-order valence-electron chi connectivity index (χ2n) is 4.29. The minimum Gasteiger partial charge on any atom is -0.379 e. The molecule has 0 amide bonds. The molecule has 0 aromatic rings. The van der Waals surface area contributed by atoms with Gasteiger partial charge in [-0.3, -0.25) is 0 Å². The lowest BCUT2D eigenvalue weighted by Crippen LogP contribution is -2.10. The van der Waals surface area contributed by atoms with Gasteiger partial charge in [0.2, 0.25) is 0 Å². The molecule has 0 aliphatic rings. The van der Waals surface area contributed by atoms with Gasteiger partial charge in [0.1, 0.15) is 0 Å². The maximum Gasteiger partial charge on any atom is 0.0701 e. The fraction of sp³-hybridized carbons (Fsp3) is 1.00. The Morgan fingerprint density at radius 1 is 0.611 bits per heavy atom. The van der Waals surface area contributed by atoms with E-state index < -0.39 is 0 Å². The summed E-state index contributed by atoms with van der Waals surface area (Å²) in [5.41, 5.74) is 0. The molecule has 0 saturated carbocycles. The van der Waals surface area contributed by atoms with Crippen LogP contribution in [0, 0.1) is 0 Å². The lowest BCUT2D eigenvalue weighted by Gasteiger charge is -2.06. The third-order valence-electron chi connectivity index (χ3n) is 2.61. The van der Waals surface area contributed by atoms with E-state index >= 15 is 0 Å². The minimum atomic E-state index is 0.660. The predicted molar refractivity (Wildman–Crippen MR) is 79.6 cm³/mol. The van der Waals surface area contributed by atoms with E-state index in [1.54, 1.807) is 0 Å². The third kappa shape index (κ3) is 16.4. The van der Waals surface area contributed by atoms with Crippen molar-refractivity contribution in [1.29, 1.82) is 0 Å². The SMILES string of the molecule is CCCCCCCCOCCOCCOCCBr. The van der Waals surface area contributed by atoms with Crippen LogP contribution >= 0.6 is 15.9 Å². The molecule has 0 fully saturated rings. The van der Waals surface area contributed by atoms with Crippen molar-refractivity contribution in [2.75, 3.05) is 45.0 Å². The first-order valence-corrected chi connectivity index (χ1v) is 8.33. The van der Waals surface area contributed by atoms with Crippen LogP contribution in [0.3, 0.4) is 0 Å². The molecule has 0 bridgehead atoms. The Morgan fingerprint density at radius 2 is 1.11 bits per heavy atom. The van der Waals surface area contributed by atoms with Gasteiger partial charge in [-0.2, -0.15) is 0 Å². The van der Waals surface area contributed by atoms with E-state index in [4.69, 9.17) is 14.2 Å². The van der Waals surface area contributed by atoms with Crippen LogP contribution in [0.2, 0.25) is 0 Å². The zero-order valence-corrected chi connectivity index (χ0v) is 13.4. The van der Waals surface area contributed by atoms with Crippen LogP contribution in [0.15, 0.2) is 0 Å². The van der Waals surface area contributed by atoms with Crippen LogP contribution in [0.1, 0.15) is 45.4 Å². The molecule has 18 heavy (non-hydrogen) atoms. The summed E-state index contributed by atoms with van der Waals surface area (Å²) < 4.78 is 16.1. The summed E-state index contributed by atoms with van der Waals surface area (Å²) in [7, 11) is 0. The molecule has 4 heteroatoms. The van der Waals surface area contributed by atoms with Crippen LogP contribution in [0.5, 0.6) is 0 Å². The Morgan fingerprint density at radius 3 is 1.72 bits per heavy atom. The predicted octanol–water partition coefficient (Wildman–Crippen LogP) is 3.79. The van der Waals surface area contributed by atoms with Gasteiger partial charge >= 0.3 is 0 Å². The number of rotatable bonds is 15. The molecule has 0 N–H and O–H groups in total. The van der Waals surface area contributed by atoms with E-state index in [0.29, 0.717) is 26.4 Å². The van der Waals surface area contributed by atoms with Gasteiger partial charge < -0.3 is 14.2 Å². The van der Waals surface area contributed by atoms with Gasteiger partial charge in [-0.1, -0.05) is 55.0 Å². The van der Waals surface area contributed by atoms with Gasteiger partial charge in [0.05, 0.1) is 33.0 Å². The number of halogens is 1. The lowest BCUT2D eigenvalue weighted by molar-refractivity contribution is 0.0168. The van der Waals surface area contributed by atoms with Crippen LogP contribution in [0.25, 0.3) is 0 Å². The van der Waals surface area contributed by atoms with Crippen molar-refractivity contribution in [1.82, 2.24) is 0 Å². The highest BCUT2D eigenvalue weighted by atomic mass is 79.9. The first kappa shape index (κ1) is 18.4. The standard InChI is InChI=1S/C14H29BrO3/c1-2-3-4-5-6-7-9-16-11-13-18-14-12-17-10-8-15/h2-14H2,1H3. The number of ether oxygens (including phenoxy) is 3. The van der Waals surface area contributed by atoms with Gasteiger partial charge in [0.25, 0.3) is 0 Å². The first-order chi connectivity index (χ1) is 8.91. The van der Waals surface area contributed by atoms with Crippen LogP contribution in [-0.4, -0.2) is 45.0 Å². The quantitative estimate of drug-likeness (QED) is 0.339. The monoisotopic (exact) mass is 324 g/mol. The van der Waals surface area contributed by atoms with Crippen molar-refractivity contribution >= 4 is 15.9 Å². The van der Waals surface area contributed by atoms with E-state index in [2.05, 4.69) is 22.9 Å². The first-order valence-electron chi connectivity index (χ1n) is 7.21. The Balaban J connectivity index is 2.86. The van der Waals surface area contributed by atoms with Crippen molar-refractivity contribution in [3.05, 3.63) is 0 Å². The van der Waals surface area contributed by atoms with Crippen molar-refractivity contribution in [2.24, 2.45) is 0 Å². The van der Waals surface area contributed by atoms with Gasteiger partial charge in [-0.25, -0.2) is 0 Å². The molecule has 0 radical (unpaired) electrons. The number of unbranched alkanes of at least 4 members (excludes halogenated alkanes) is 5. The summed E-state index contributed by atoms with van der Waals surface area (Å²) in [6.45, 7) is 6.57. The van der Waals surface area contributed by atoms with Crippen molar-refractivity contribution in [3.8, 4) is 0 Å². The van der Waals surface area contributed by atoms with Crippen molar-refractivity contribution in [3.63, 3.8) is 0 Å². The van der Waals surface area contributed by atoms with E-state index in [-0.39, 0.29) is 0 Å². The van der Waals surface area contributed by atoms with Crippen molar-refractivity contribution in [2.45, 2.75) is 45.4 Å². The molecule has 0 unspecified atom stereocenters. The van der Waals surface area contributed by atoms with Crippen LogP contribution < -0.4 is 0 Å². The Hall–Kier alpha value is 0.360. The van der Waals surface area contributed by atoms with E-state index in [1.807, 2.05) is 0 Å². The molecule has 0 aliphatic heterocycles. The smallest absolute Gasteiger partial charge is 0.0701 e. The molecule has 110 valence electrons. The van der Waals surface area contributed by atoms with Gasteiger partial charge in [-0.15, -0.1) is 0 Å². The molecular formula is C14H29BrO3. The summed E-state index contributed by atoms with van der Waals surface area (Å²) in [5.74, 6) is 0. The number of hydrogen-bond acceptors (Lipinski definition) is 3. The molecule has 0 aromatic carbocycles. The maximum atomic E-state index is 5.49. The minimum absolute atomic E-state index is 0.660. The Kier molecular flexibility index (Phi) is 17.7. The number of hydrogen-bond donors (Lipinski definition) is 0. The summed E-state index contributed by atoms with van der Waals surface area (Å²) in [5, 5.41) is 0.883. The largest absolute Gasteiger partial charge is 0.379 e. The second kappa shape index (κ2) is 17.4. The molecule has 0 aromatic heterocycles. The molecule has 3 nitrogen and oxygen atoms in total. The van der Waals surface area contributed by atoms with Gasteiger partial charge in [0, 0.05) is 11.9 Å². The van der Waals surface area contributed by atoms with E-state index in [9.17, 15) is 0 Å². The fourth-order valence-corrected chi connectivity index (χ4v) is 1.81. The summed E-state index contributed by atoms with van der Waals surface area (Å²) >= 11 is 3.30. The fourth-order valence-electron chi connectivity index (χ4n) is 1.58. The number of alkyl halides is 1. The topological polar surface area (TPSA) is 27.7 Å². The maximum absolute atomic E-state index is 5.49. The van der Waals surface area contributed by atoms with E-state index in [1.165, 1.54) is 38.5 Å². The molecule has 0 rings (SSSR count). The summed E-state index contributed by atoms with van der Waals surface area (Å²) in [4.78, 5) is 0. The van der Waals surface area contributed by atoms with Crippen LogP contribution in [0.4, 0.5) is 0 Å². The molecule has 0 atom stereocenters. The van der Waals surface area contributed by atoms with Gasteiger partial charge in [-0.05, 0) is 6.42 Å². The average Bonchev–Trinajstić information content (AvgIpc) is 2.39. The second-order valence-corrected chi connectivity index (χ2v) is 5.09. The average molecular weight is 325 g/mol. The van der Waals surface area contributed by atoms with Gasteiger partial charge in [0.15, 0.2) is 0 Å². The van der Waals surface area contributed by atoms with E-state index in [0.717, 1.165) is 18.5 Å². The highest BCUT2D eigenvalue weighted by Gasteiger charge is 1.92. The molecule has 0 saturated heterocycles. The lowest BCUT2D eigenvalue weighted by atomic mass is 10.1. The highest BCUT2D eigenvalue weighted by molar-refractivity contribution is 9.09. The Bertz CT molecular complexity index is 129. The third-order valence-corrected chi connectivity index (χ3v) is 2.93. The summed E-state index contributed by atoms with van der Waals surface area (Å²) in [6.07, 6.45) is 7.87. The summed E-state index contributed by atoms with van der Waals surface area (Å²) in [6, 6.07) is 0.